The third-order valence-corrected chi connectivity index (χ3v) is 7.28. The molecule has 2 atom stereocenters. The fourth-order valence-corrected chi connectivity index (χ4v) is 4.99. The molecule has 0 heterocycles. The summed E-state index contributed by atoms with van der Waals surface area (Å²) in [5, 5.41) is 13.9. The molecule has 2 aromatic carbocycles. The molecule has 2 aliphatic rings. The van der Waals surface area contributed by atoms with Crippen LogP contribution in [0.1, 0.15) is 43.7 Å². The van der Waals surface area contributed by atoms with E-state index in [9.17, 15) is 23.2 Å². The lowest BCUT2D eigenvalue weighted by Gasteiger charge is -2.31. The number of hydrogen-bond acceptors (Lipinski definition) is 4. The van der Waals surface area contributed by atoms with Crippen molar-refractivity contribution in [1.82, 2.24) is 10.6 Å². The van der Waals surface area contributed by atoms with Crippen molar-refractivity contribution >= 4 is 18.0 Å². The molecule has 4 rings (SSSR count). The van der Waals surface area contributed by atoms with Crippen LogP contribution in [0.4, 0.5) is 13.6 Å². The molecule has 0 aromatic heterocycles. The lowest BCUT2D eigenvalue weighted by molar-refractivity contribution is -0.141. The fraction of sp³-hybridized carbons (Fsp3) is 0.423. The molecule has 1 saturated carbocycles. The van der Waals surface area contributed by atoms with Crippen LogP contribution < -0.4 is 10.6 Å². The number of nitrogens with one attached hydrogen (secondary N) is 2. The zero-order valence-electron chi connectivity index (χ0n) is 19.5. The number of carbonyl (C=O) groups excluding carboxylic acids is 2. The molecule has 3 N–H and O–H groups in total. The first-order chi connectivity index (χ1) is 16.7. The number of fused-ring (bicyclic) bond motifs is 3. The minimum atomic E-state index is -3.36. The molecule has 35 heavy (non-hydrogen) atoms. The second kappa shape index (κ2) is 9.28. The molecule has 0 bridgehead atoms. The SMILES string of the molecule is CCC(CC)(NC(=O)OCC1c2ccccc2-c2ccccc21)C(=O)NCC1C(C(=O)O)C1(F)F. The third-order valence-electron chi connectivity index (χ3n) is 7.28. The van der Waals surface area contributed by atoms with Gasteiger partial charge in [-0.3, -0.25) is 9.59 Å². The number of rotatable bonds is 9. The number of hydrogen-bond donors (Lipinski definition) is 3. The molecule has 0 aliphatic heterocycles. The number of amides is 2. The van der Waals surface area contributed by atoms with Crippen molar-refractivity contribution in [3.8, 4) is 11.1 Å². The average Bonchev–Trinajstić information content (AvgIpc) is 3.26. The quantitative estimate of drug-likeness (QED) is 0.494. The number of alkyl halides is 2. The van der Waals surface area contributed by atoms with Crippen LogP contribution in [0.3, 0.4) is 0 Å². The number of halogens is 2. The highest BCUT2D eigenvalue weighted by Gasteiger charge is 2.72. The summed E-state index contributed by atoms with van der Waals surface area (Å²) < 4.78 is 32.9. The predicted molar refractivity (Wildman–Crippen MR) is 124 cm³/mol. The van der Waals surface area contributed by atoms with Crippen LogP contribution in [-0.4, -0.2) is 47.7 Å². The van der Waals surface area contributed by atoms with Crippen molar-refractivity contribution in [3.05, 3.63) is 59.7 Å². The first-order valence-electron chi connectivity index (χ1n) is 11.7. The van der Waals surface area contributed by atoms with Gasteiger partial charge < -0.3 is 20.5 Å². The van der Waals surface area contributed by atoms with Gasteiger partial charge in [-0.1, -0.05) is 62.4 Å². The minimum absolute atomic E-state index is 0.0690. The Morgan fingerprint density at radius 1 is 1.00 bits per heavy atom. The predicted octanol–water partition coefficient (Wildman–Crippen LogP) is 4.17. The van der Waals surface area contributed by atoms with Crippen LogP contribution >= 0.6 is 0 Å². The first kappa shape index (κ1) is 24.6. The number of carboxylic acids is 1. The Balaban J connectivity index is 1.39. The molecule has 0 spiro atoms. The fourth-order valence-electron chi connectivity index (χ4n) is 4.99. The average molecular weight is 487 g/mol. The maximum absolute atomic E-state index is 13.7. The largest absolute Gasteiger partial charge is 0.481 e. The van der Waals surface area contributed by atoms with Crippen molar-refractivity contribution in [2.75, 3.05) is 13.2 Å². The highest BCUT2D eigenvalue weighted by atomic mass is 19.3. The summed E-state index contributed by atoms with van der Waals surface area (Å²) in [4.78, 5) is 36.6. The molecule has 1 fully saturated rings. The van der Waals surface area contributed by atoms with E-state index in [1.54, 1.807) is 13.8 Å². The smallest absolute Gasteiger partial charge is 0.408 e. The van der Waals surface area contributed by atoms with Crippen molar-refractivity contribution in [2.24, 2.45) is 11.8 Å². The summed E-state index contributed by atoms with van der Waals surface area (Å²) in [5.74, 6) is -9.03. The molecule has 2 unspecified atom stereocenters. The third kappa shape index (κ3) is 4.35. The zero-order chi connectivity index (χ0) is 25.4. The summed E-state index contributed by atoms with van der Waals surface area (Å²) in [7, 11) is 0. The van der Waals surface area contributed by atoms with Crippen LogP contribution in [0, 0.1) is 11.8 Å². The normalized spacial score (nSPS) is 19.9. The Labute approximate surface area is 201 Å². The molecule has 9 heteroatoms. The van der Waals surface area contributed by atoms with Gasteiger partial charge in [0.2, 0.25) is 5.91 Å². The van der Waals surface area contributed by atoms with E-state index in [1.165, 1.54) is 0 Å². The number of carbonyl (C=O) groups is 3. The van der Waals surface area contributed by atoms with Crippen LogP contribution in [0.2, 0.25) is 0 Å². The highest BCUT2D eigenvalue weighted by Crippen LogP contribution is 2.55. The Hall–Kier alpha value is -3.49. The van der Waals surface area contributed by atoms with Gasteiger partial charge in [0.1, 0.15) is 18.1 Å². The maximum atomic E-state index is 13.7. The number of aliphatic carboxylic acids is 1. The summed E-state index contributed by atoms with van der Waals surface area (Å²) in [6.07, 6.45) is -0.391. The lowest BCUT2D eigenvalue weighted by atomic mass is 9.91. The molecule has 2 aromatic rings. The van der Waals surface area contributed by atoms with Crippen molar-refractivity contribution in [3.63, 3.8) is 0 Å². The molecule has 7 nitrogen and oxygen atoms in total. The highest BCUT2D eigenvalue weighted by molar-refractivity contribution is 5.90. The summed E-state index contributed by atoms with van der Waals surface area (Å²) >= 11 is 0. The monoisotopic (exact) mass is 486 g/mol. The Kier molecular flexibility index (Phi) is 6.53. The topological polar surface area (TPSA) is 105 Å². The lowest BCUT2D eigenvalue weighted by Crippen LogP contribution is -2.58. The van der Waals surface area contributed by atoms with Gasteiger partial charge in [-0.05, 0) is 35.1 Å². The van der Waals surface area contributed by atoms with Gasteiger partial charge in [0.05, 0.1) is 5.92 Å². The molecule has 0 saturated heterocycles. The summed E-state index contributed by atoms with van der Waals surface area (Å²) in [6, 6.07) is 15.8. The van der Waals surface area contributed by atoms with Gasteiger partial charge in [0.15, 0.2) is 0 Å². The van der Waals surface area contributed by atoms with E-state index in [0.29, 0.717) is 0 Å². The van der Waals surface area contributed by atoms with Gasteiger partial charge in [0, 0.05) is 12.5 Å². The van der Waals surface area contributed by atoms with Crippen molar-refractivity contribution in [2.45, 2.75) is 44.1 Å². The maximum Gasteiger partial charge on any atom is 0.408 e. The number of benzene rings is 2. The second-order valence-electron chi connectivity index (χ2n) is 9.05. The standard InChI is InChI=1S/C26H28F2N2O5/c1-3-25(4-2,23(33)29-13-20-21(22(31)32)26(20,27)28)30-24(34)35-14-19-17-11-7-5-9-15(17)16-10-6-8-12-18(16)19/h5-12,19-21H,3-4,13-14H2,1-2H3,(H,29,33)(H,30,34)(H,31,32). The van der Waals surface area contributed by atoms with E-state index < -0.39 is 47.8 Å². The van der Waals surface area contributed by atoms with Gasteiger partial charge in [-0.2, -0.15) is 0 Å². The molecule has 0 radical (unpaired) electrons. The number of alkyl carbamates (subject to hydrolysis) is 1. The Morgan fingerprint density at radius 2 is 1.54 bits per heavy atom. The van der Waals surface area contributed by atoms with E-state index >= 15 is 0 Å². The molecule has 186 valence electrons. The first-order valence-corrected chi connectivity index (χ1v) is 11.7. The van der Waals surface area contributed by atoms with Crippen molar-refractivity contribution in [1.29, 1.82) is 0 Å². The van der Waals surface area contributed by atoms with Crippen LogP contribution in [0.5, 0.6) is 0 Å². The van der Waals surface area contributed by atoms with Gasteiger partial charge in [0.25, 0.3) is 5.92 Å². The van der Waals surface area contributed by atoms with Crippen molar-refractivity contribution < 1.29 is 33.0 Å². The molecular formula is C26H28F2N2O5. The Bertz CT molecular complexity index is 1100. The van der Waals surface area contributed by atoms with E-state index in [-0.39, 0.29) is 25.4 Å². The van der Waals surface area contributed by atoms with Crippen LogP contribution in [0.15, 0.2) is 48.5 Å². The van der Waals surface area contributed by atoms with Gasteiger partial charge >= 0.3 is 12.1 Å². The van der Waals surface area contributed by atoms with E-state index in [0.717, 1.165) is 22.3 Å². The van der Waals surface area contributed by atoms with Gasteiger partial charge in [-0.15, -0.1) is 0 Å². The van der Waals surface area contributed by atoms with E-state index in [4.69, 9.17) is 9.84 Å². The number of ether oxygens (including phenoxy) is 1. The zero-order valence-corrected chi connectivity index (χ0v) is 19.5. The Morgan fingerprint density at radius 3 is 2.03 bits per heavy atom. The second-order valence-corrected chi connectivity index (χ2v) is 9.05. The number of carboxylic acid groups (broad SMARTS) is 1. The van der Waals surface area contributed by atoms with Gasteiger partial charge in [-0.25, -0.2) is 13.6 Å². The van der Waals surface area contributed by atoms with E-state index in [1.807, 2.05) is 48.5 Å². The molecule has 2 amide bonds. The van der Waals surface area contributed by atoms with Crippen LogP contribution in [-0.2, 0) is 14.3 Å². The van der Waals surface area contributed by atoms with Crippen LogP contribution in [0.25, 0.3) is 11.1 Å². The molecule has 2 aliphatic carbocycles. The molecular weight excluding hydrogens is 458 g/mol. The minimum Gasteiger partial charge on any atom is -0.481 e. The van der Waals surface area contributed by atoms with E-state index in [2.05, 4.69) is 10.6 Å². The summed E-state index contributed by atoms with van der Waals surface area (Å²) in [6.45, 7) is 2.97. The summed E-state index contributed by atoms with van der Waals surface area (Å²) in [5.41, 5.74) is 2.91.